The lowest BCUT2D eigenvalue weighted by Crippen LogP contribution is -1.92. The van der Waals surface area contributed by atoms with Crippen molar-refractivity contribution in [3.8, 4) is 11.4 Å². The fourth-order valence-corrected chi connectivity index (χ4v) is 1.95. The molecule has 84 valence electrons. The molecule has 0 aliphatic rings. The third-order valence-corrected chi connectivity index (χ3v) is 2.89. The van der Waals surface area contributed by atoms with Gasteiger partial charge >= 0.3 is 0 Å². The molecule has 0 fully saturated rings. The Hall–Kier alpha value is -1.65. The Balaban J connectivity index is 2.27. The standard InChI is InChI=1S/C11H6Cl2N4/c12-8-3-1-7(2-4-8)11-16-15-10-6-14-5-9(13)17(10)11/h1-6H. The van der Waals surface area contributed by atoms with Gasteiger partial charge in [-0.25, -0.2) is 0 Å². The summed E-state index contributed by atoms with van der Waals surface area (Å²) < 4.78 is 1.73. The molecule has 3 aromatic rings. The molecule has 2 aromatic heterocycles. The van der Waals surface area contributed by atoms with Gasteiger partial charge in [0.05, 0.1) is 12.4 Å². The molecule has 6 heteroatoms. The van der Waals surface area contributed by atoms with Crippen LogP contribution in [0.1, 0.15) is 0 Å². The Bertz CT molecular complexity index is 676. The number of fused-ring (bicyclic) bond motifs is 1. The van der Waals surface area contributed by atoms with Gasteiger partial charge in [-0.3, -0.25) is 9.38 Å². The van der Waals surface area contributed by atoms with Crippen molar-refractivity contribution in [3.63, 3.8) is 0 Å². The summed E-state index contributed by atoms with van der Waals surface area (Å²) in [4.78, 5) is 3.96. The number of benzene rings is 1. The van der Waals surface area contributed by atoms with Gasteiger partial charge in [-0.15, -0.1) is 10.2 Å². The van der Waals surface area contributed by atoms with E-state index in [0.717, 1.165) is 5.56 Å². The monoisotopic (exact) mass is 264 g/mol. The van der Waals surface area contributed by atoms with Gasteiger partial charge in [-0.05, 0) is 24.3 Å². The molecule has 0 bridgehead atoms. The fourth-order valence-electron chi connectivity index (χ4n) is 1.60. The molecule has 0 amide bonds. The van der Waals surface area contributed by atoms with Gasteiger partial charge in [0, 0.05) is 10.6 Å². The first kappa shape index (κ1) is 10.5. The van der Waals surface area contributed by atoms with E-state index in [9.17, 15) is 0 Å². The van der Waals surface area contributed by atoms with E-state index in [4.69, 9.17) is 23.2 Å². The second-order valence-electron chi connectivity index (χ2n) is 3.45. The van der Waals surface area contributed by atoms with Crippen LogP contribution in [0.4, 0.5) is 0 Å². The molecule has 0 aliphatic carbocycles. The first-order valence-electron chi connectivity index (χ1n) is 4.86. The smallest absolute Gasteiger partial charge is 0.180 e. The summed E-state index contributed by atoms with van der Waals surface area (Å²) in [5.74, 6) is 0.670. The highest BCUT2D eigenvalue weighted by Crippen LogP contribution is 2.22. The Labute approximate surface area is 107 Å². The van der Waals surface area contributed by atoms with E-state index < -0.39 is 0 Å². The zero-order valence-corrected chi connectivity index (χ0v) is 10.0. The van der Waals surface area contributed by atoms with Crippen molar-refractivity contribution in [1.82, 2.24) is 19.6 Å². The zero-order valence-electron chi connectivity index (χ0n) is 8.51. The molecule has 17 heavy (non-hydrogen) atoms. The summed E-state index contributed by atoms with van der Waals surface area (Å²) in [5, 5.41) is 9.26. The lowest BCUT2D eigenvalue weighted by molar-refractivity contribution is 1.11. The van der Waals surface area contributed by atoms with Crippen molar-refractivity contribution in [2.45, 2.75) is 0 Å². The highest BCUT2D eigenvalue weighted by atomic mass is 35.5. The van der Waals surface area contributed by atoms with E-state index in [1.54, 1.807) is 28.9 Å². The molecule has 0 spiro atoms. The minimum atomic E-state index is 0.470. The fraction of sp³-hybridized carbons (Fsp3) is 0. The largest absolute Gasteiger partial charge is 0.262 e. The van der Waals surface area contributed by atoms with Gasteiger partial charge in [-0.1, -0.05) is 23.2 Å². The first-order chi connectivity index (χ1) is 8.25. The normalized spacial score (nSPS) is 10.9. The number of halogens is 2. The van der Waals surface area contributed by atoms with Gasteiger partial charge in [-0.2, -0.15) is 0 Å². The van der Waals surface area contributed by atoms with Crippen LogP contribution in [-0.4, -0.2) is 19.6 Å². The van der Waals surface area contributed by atoms with Gasteiger partial charge in [0.2, 0.25) is 0 Å². The van der Waals surface area contributed by atoms with Crippen LogP contribution in [0, 0.1) is 0 Å². The molecule has 0 aliphatic heterocycles. The van der Waals surface area contributed by atoms with Gasteiger partial charge in [0.25, 0.3) is 0 Å². The van der Waals surface area contributed by atoms with Crippen molar-refractivity contribution < 1.29 is 0 Å². The molecule has 0 atom stereocenters. The van der Waals surface area contributed by atoms with E-state index in [2.05, 4.69) is 15.2 Å². The second-order valence-corrected chi connectivity index (χ2v) is 4.28. The third kappa shape index (κ3) is 1.75. The maximum Gasteiger partial charge on any atom is 0.180 e. The SMILES string of the molecule is Clc1ccc(-c2nnc3cncc(Cl)n23)cc1. The minimum absolute atomic E-state index is 0.470. The van der Waals surface area contributed by atoms with Crippen molar-refractivity contribution in [2.24, 2.45) is 0 Å². The Morgan fingerprint density at radius 3 is 2.47 bits per heavy atom. The van der Waals surface area contributed by atoms with Crippen molar-refractivity contribution in [2.75, 3.05) is 0 Å². The molecule has 2 heterocycles. The van der Waals surface area contributed by atoms with Gasteiger partial charge < -0.3 is 0 Å². The summed E-state index contributed by atoms with van der Waals surface area (Å²) in [5.41, 5.74) is 1.51. The Morgan fingerprint density at radius 1 is 0.941 bits per heavy atom. The molecule has 1 aromatic carbocycles. The predicted octanol–water partition coefficient (Wildman–Crippen LogP) is 3.10. The highest BCUT2D eigenvalue weighted by molar-refractivity contribution is 6.30. The van der Waals surface area contributed by atoms with Gasteiger partial charge in [0.15, 0.2) is 11.5 Å². The third-order valence-electron chi connectivity index (χ3n) is 2.38. The lowest BCUT2D eigenvalue weighted by Gasteiger charge is -2.01. The number of rotatable bonds is 1. The predicted molar refractivity (Wildman–Crippen MR) is 66.2 cm³/mol. The summed E-state index contributed by atoms with van der Waals surface area (Å²) in [7, 11) is 0. The van der Waals surface area contributed by atoms with E-state index in [-0.39, 0.29) is 0 Å². The number of hydrogen-bond acceptors (Lipinski definition) is 3. The molecule has 0 radical (unpaired) electrons. The molecule has 0 saturated heterocycles. The Kier molecular flexibility index (Phi) is 2.46. The summed E-state index contributed by atoms with van der Waals surface area (Å²) in [6.45, 7) is 0. The van der Waals surface area contributed by atoms with Gasteiger partial charge in [0.1, 0.15) is 5.15 Å². The quantitative estimate of drug-likeness (QED) is 0.679. The van der Waals surface area contributed by atoms with Crippen LogP contribution in [0.3, 0.4) is 0 Å². The van der Waals surface area contributed by atoms with Crippen molar-refractivity contribution in [3.05, 3.63) is 46.8 Å². The number of hydrogen-bond donors (Lipinski definition) is 0. The minimum Gasteiger partial charge on any atom is -0.262 e. The van der Waals surface area contributed by atoms with Crippen LogP contribution >= 0.6 is 23.2 Å². The summed E-state index contributed by atoms with van der Waals surface area (Å²) in [6.07, 6.45) is 3.16. The molecule has 0 saturated carbocycles. The van der Waals surface area contributed by atoms with Crippen LogP contribution < -0.4 is 0 Å². The average molecular weight is 265 g/mol. The maximum absolute atomic E-state index is 6.08. The molecule has 0 unspecified atom stereocenters. The van der Waals surface area contributed by atoms with Crippen molar-refractivity contribution in [1.29, 1.82) is 0 Å². The second kappa shape index (κ2) is 3.98. The maximum atomic E-state index is 6.08. The van der Waals surface area contributed by atoms with Crippen LogP contribution in [0.5, 0.6) is 0 Å². The zero-order chi connectivity index (χ0) is 11.8. The number of aromatic nitrogens is 4. The summed E-state index contributed by atoms with van der Waals surface area (Å²) >= 11 is 11.9. The first-order valence-corrected chi connectivity index (χ1v) is 5.62. The molecule has 3 rings (SSSR count). The number of nitrogens with zero attached hydrogens (tertiary/aromatic N) is 4. The highest BCUT2D eigenvalue weighted by Gasteiger charge is 2.10. The van der Waals surface area contributed by atoms with Crippen LogP contribution in [0.15, 0.2) is 36.7 Å². The van der Waals surface area contributed by atoms with Crippen molar-refractivity contribution >= 4 is 28.8 Å². The van der Waals surface area contributed by atoms with E-state index in [0.29, 0.717) is 21.6 Å². The lowest BCUT2D eigenvalue weighted by atomic mass is 10.2. The molecule has 4 nitrogen and oxygen atoms in total. The van der Waals surface area contributed by atoms with E-state index >= 15 is 0 Å². The molecule has 0 N–H and O–H groups in total. The Morgan fingerprint density at radius 2 is 1.71 bits per heavy atom. The average Bonchev–Trinajstić information content (AvgIpc) is 2.75. The van der Waals surface area contributed by atoms with E-state index in [1.165, 1.54) is 0 Å². The molecular formula is C11H6Cl2N4. The summed E-state index contributed by atoms with van der Waals surface area (Å²) in [6, 6.07) is 7.34. The topological polar surface area (TPSA) is 43.1 Å². The van der Waals surface area contributed by atoms with Crippen LogP contribution in [0.2, 0.25) is 10.2 Å². The van der Waals surface area contributed by atoms with E-state index in [1.807, 2.05) is 12.1 Å². The molecular weight excluding hydrogens is 259 g/mol. The van der Waals surface area contributed by atoms with Crippen LogP contribution in [-0.2, 0) is 0 Å². The van der Waals surface area contributed by atoms with Crippen LogP contribution in [0.25, 0.3) is 17.0 Å².